The Labute approximate surface area is 118 Å². The molecule has 4 rings (SSSR count). The molecule has 0 unspecified atom stereocenters. The van der Waals surface area contributed by atoms with Gasteiger partial charge in [-0.25, -0.2) is 0 Å². The first-order chi connectivity index (χ1) is 9.90. The van der Waals surface area contributed by atoms with Crippen LogP contribution >= 0.6 is 0 Å². The van der Waals surface area contributed by atoms with E-state index in [0.717, 1.165) is 11.3 Å². The molecule has 3 aromatic rings. The summed E-state index contributed by atoms with van der Waals surface area (Å²) in [5.74, 6) is 0.952. The van der Waals surface area contributed by atoms with E-state index in [0.29, 0.717) is 0 Å². The zero-order chi connectivity index (χ0) is 13.4. The zero-order valence-electron chi connectivity index (χ0n) is 11.0. The first-order valence-electron chi connectivity index (χ1n) is 6.83. The number of hydrogen-bond acceptors (Lipinski definition) is 1. The lowest BCUT2D eigenvalue weighted by Gasteiger charge is -2.22. The van der Waals surface area contributed by atoms with Crippen LogP contribution < -0.4 is 4.74 Å². The number of fused-ring (bicyclic) bond motifs is 2. The Balaban J connectivity index is 1.74. The number of ether oxygens (including phenoxy) is 1. The van der Waals surface area contributed by atoms with E-state index in [-0.39, 0.29) is 6.10 Å². The predicted molar refractivity (Wildman–Crippen MR) is 82.8 cm³/mol. The second-order valence-electron chi connectivity index (χ2n) is 5.04. The van der Waals surface area contributed by atoms with Crippen LogP contribution in [0.3, 0.4) is 0 Å². The normalized spacial score (nSPS) is 16.7. The molecule has 0 aromatic heterocycles. The molecule has 0 bridgehead atoms. The molecule has 1 atom stereocenters. The molecular formula is C19H14O. The van der Waals surface area contributed by atoms with Crippen molar-refractivity contribution >= 4 is 16.8 Å². The van der Waals surface area contributed by atoms with Crippen molar-refractivity contribution in [2.45, 2.75) is 6.10 Å². The molecule has 1 aliphatic heterocycles. The fourth-order valence-corrected chi connectivity index (χ4v) is 2.66. The van der Waals surface area contributed by atoms with E-state index in [1.165, 1.54) is 16.3 Å². The fourth-order valence-electron chi connectivity index (χ4n) is 2.66. The Kier molecular flexibility index (Phi) is 2.56. The molecule has 0 aliphatic carbocycles. The SMILES string of the molecule is C1=C[C@H](c2ccc3ccccc3c2)Oc2ccccc21. The highest BCUT2D eigenvalue weighted by Gasteiger charge is 2.16. The van der Waals surface area contributed by atoms with Crippen LogP contribution in [0.2, 0.25) is 0 Å². The molecule has 1 heterocycles. The molecule has 1 aliphatic rings. The van der Waals surface area contributed by atoms with E-state index in [4.69, 9.17) is 4.74 Å². The largest absolute Gasteiger partial charge is 0.481 e. The third-order valence-corrected chi connectivity index (χ3v) is 3.73. The molecule has 0 fully saturated rings. The Hall–Kier alpha value is -2.54. The van der Waals surface area contributed by atoms with Crippen LogP contribution in [0.25, 0.3) is 16.8 Å². The molecule has 0 radical (unpaired) electrons. The molecule has 0 amide bonds. The van der Waals surface area contributed by atoms with E-state index in [1.807, 2.05) is 18.2 Å². The lowest BCUT2D eigenvalue weighted by molar-refractivity contribution is 0.252. The van der Waals surface area contributed by atoms with Gasteiger partial charge in [-0.15, -0.1) is 0 Å². The van der Waals surface area contributed by atoms with Crippen molar-refractivity contribution in [3.05, 3.63) is 83.9 Å². The fraction of sp³-hybridized carbons (Fsp3) is 0.0526. The van der Waals surface area contributed by atoms with E-state index in [1.54, 1.807) is 0 Å². The molecule has 0 saturated carbocycles. The topological polar surface area (TPSA) is 9.23 Å². The quantitative estimate of drug-likeness (QED) is 0.597. The van der Waals surface area contributed by atoms with E-state index < -0.39 is 0 Å². The van der Waals surface area contributed by atoms with Gasteiger partial charge < -0.3 is 4.74 Å². The van der Waals surface area contributed by atoms with Crippen molar-refractivity contribution in [2.24, 2.45) is 0 Å². The molecule has 0 N–H and O–H groups in total. The monoisotopic (exact) mass is 258 g/mol. The minimum Gasteiger partial charge on any atom is -0.481 e. The smallest absolute Gasteiger partial charge is 0.142 e. The third-order valence-electron chi connectivity index (χ3n) is 3.73. The van der Waals surface area contributed by atoms with Crippen LogP contribution in [-0.4, -0.2) is 0 Å². The molecule has 3 aromatic carbocycles. The van der Waals surface area contributed by atoms with Crippen molar-refractivity contribution in [3.63, 3.8) is 0 Å². The summed E-state index contributed by atoms with van der Waals surface area (Å²) in [6, 6.07) is 23.0. The summed E-state index contributed by atoms with van der Waals surface area (Å²) in [5, 5.41) is 2.51. The molecule has 0 saturated heterocycles. The summed E-state index contributed by atoms with van der Waals surface area (Å²) >= 11 is 0. The van der Waals surface area contributed by atoms with Gasteiger partial charge in [0.05, 0.1) is 0 Å². The number of benzene rings is 3. The van der Waals surface area contributed by atoms with Gasteiger partial charge in [-0.1, -0.05) is 60.7 Å². The number of hydrogen-bond donors (Lipinski definition) is 0. The minimum absolute atomic E-state index is 0.00509. The van der Waals surface area contributed by atoms with E-state index in [9.17, 15) is 0 Å². The number of para-hydroxylation sites is 1. The summed E-state index contributed by atoms with van der Waals surface area (Å²) in [6.45, 7) is 0. The maximum absolute atomic E-state index is 6.08. The van der Waals surface area contributed by atoms with Crippen molar-refractivity contribution < 1.29 is 4.74 Å². The first-order valence-corrected chi connectivity index (χ1v) is 6.83. The van der Waals surface area contributed by atoms with Crippen molar-refractivity contribution in [2.75, 3.05) is 0 Å². The minimum atomic E-state index is -0.00509. The summed E-state index contributed by atoms with van der Waals surface area (Å²) in [7, 11) is 0. The number of rotatable bonds is 1. The maximum atomic E-state index is 6.08. The van der Waals surface area contributed by atoms with Crippen molar-refractivity contribution in [3.8, 4) is 5.75 Å². The molecule has 0 spiro atoms. The van der Waals surface area contributed by atoms with Crippen LogP contribution in [0.4, 0.5) is 0 Å². The molecule has 96 valence electrons. The Morgan fingerprint density at radius 1 is 0.750 bits per heavy atom. The molecule has 1 heteroatoms. The lowest BCUT2D eigenvalue weighted by Crippen LogP contribution is -2.08. The molecule has 1 nitrogen and oxygen atoms in total. The van der Waals surface area contributed by atoms with Gasteiger partial charge in [0.1, 0.15) is 11.9 Å². The lowest BCUT2D eigenvalue weighted by atomic mass is 10.0. The molecular weight excluding hydrogens is 244 g/mol. The van der Waals surface area contributed by atoms with Crippen molar-refractivity contribution in [1.82, 2.24) is 0 Å². The van der Waals surface area contributed by atoms with Gasteiger partial charge in [0.25, 0.3) is 0 Å². The van der Waals surface area contributed by atoms with Gasteiger partial charge >= 0.3 is 0 Å². The highest BCUT2D eigenvalue weighted by atomic mass is 16.5. The summed E-state index contributed by atoms with van der Waals surface area (Å²) in [5.41, 5.74) is 2.33. The summed E-state index contributed by atoms with van der Waals surface area (Å²) in [6.07, 6.45) is 4.25. The Bertz CT molecular complexity index is 801. The van der Waals surface area contributed by atoms with Gasteiger partial charge in [-0.05, 0) is 34.5 Å². The Morgan fingerprint density at radius 2 is 1.55 bits per heavy atom. The van der Waals surface area contributed by atoms with Crippen LogP contribution in [0.5, 0.6) is 5.75 Å². The van der Waals surface area contributed by atoms with Crippen LogP contribution in [-0.2, 0) is 0 Å². The van der Waals surface area contributed by atoms with E-state index in [2.05, 4.69) is 60.7 Å². The first kappa shape index (κ1) is 11.3. The van der Waals surface area contributed by atoms with E-state index >= 15 is 0 Å². The van der Waals surface area contributed by atoms with Gasteiger partial charge in [0, 0.05) is 5.56 Å². The maximum Gasteiger partial charge on any atom is 0.142 e. The van der Waals surface area contributed by atoms with Crippen LogP contribution in [0.1, 0.15) is 17.2 Å². The highest BCUT2D eigenvalue weighted by Crippen LogP contribution is 2.33. The zero-order valence-corrected chi connectivity index (χ0v) is 11.0. The third kappa shape index (κ3) is 1.88. The second kappa shape index (κ2) is 4.53. The van der Waals surface area contributed by atoms with Crippen LogP contribution in [0, 0.1) is 0 Å². The standard InChI is InChI=1S/C19H14O/c1-2-7-16-13-17(10-9-14(16)5-1)19-12-11-15-6-3-4-8-18(15)20-19/h1-13,19H/t19-/m1/s1. The van der Waals surface area contributed by atoms with Gasteiger partial charge in [0.2, 0.25) is 0 Å². The highest BCUT2D eigenvalue weighted by molar-refractivity contribution is 5.83. The van der Waals surface area contributed by atoms with Gasteiger partial charge in [-0.3, -0.25) is 0 Å². The summed E-state index contributed by atoms with van der Waals surface area (Å²) < 4.78 is 6.08. The van der Waals surface area contributed by atoms with Crippen LogP contribution in [0.15, 0.2) is 72.8 Å². The summed E-state index contributed by atoms with van der Waals surface area (Å²) in [4.78, 5) is 0. The average molecular weight is 258 g/mol. The van der Waals surface area contributed by atoms with Gasteiger partial charge in [-0.2, -0.15) is 0 Å². The van der Waals surface area contributed by atoms with Crippen molar-refractivity contribution in [1.29, 1.82) is 0 Å². The average Bonchev–Trinajstić information content (AvgIpc) is 2.54. The predicted octanol–water partition coefficient (Wildman–Crippen LogP) is 4.99. The Morgan fingerprint density at radius 3 is 2.50 bits per heavy atom. The second-order valence-corrected chi connectivity index (χ2v) is 5.04. The molecule has 20 heavy (non-hydrogen) atoms. The van der Waals surface area contributed by atoms with Gasteiger partial charge in [0.15, 0.2) is 0 Å².